The van der Waals surface area contributed by atoms with Crippen LogP contribution < -0.4 is 5.32 Å². The third-order valence-corrected chi connectivity index (χ3v) is 8.19. The number of fused-ring (bicyclic) bond motifs is 2. The monoisotopic (exact) mass is 577 g/mol. The van der Waals surface area contributed by atoms with Gasteiger partial charge < -0.3 is 15.3 Å². The number of para-hydroxylation sites is 1. The number of aromatic nitrogens is 2. The minimum atomic E-state index is -0.507. The van der Waals surface area contributed by atoms with Crippen molar-refractivity contribution in [2.45, 2.75) is 38.3 Å². The van der Waals surface area contributed by atoms with Gasteiger partial charge in [-0.15, -0.1) is 6.42 Å². The molecule has 10 nitrogen and oxygen atoms in total. The number of aromatic hydroxyl groups is 1. The van der Waals surface area contributed by atoms with Crippen LogP contribution in [0.2, 0.25) is 0 Å². The second-order valence-corrected chi connectivity index (χ2v) is 11.2. The van der Waals surface area contributed by atoms with E-state index in [1.54, 1.807) is 29.2 Å². The van der Waals surface area contributed by atoms with Gasteiger partial charge in [0, 0.05) is 38.6 Å². The maximum atomic E-state index is 13.7. The smallest absolute Gasteiger partial charge is 0.334 e. The van der Waals surface area contributed by atoms with E-state index in [1.807, 2.05) is 70.4 Å². The normalized spacial score (nSPS) is 19.3. The highest BCUT2D eigenvalue weighted by Gasteiger charge is 2.47. The van der Waals surface area contributed by atoms with Crippen LogP contribution in [0.25, 0.3) is 10.9 Å². The quantitative estimate of drug-likeness (QED) is 0.328. The topological polar surface area (TPSA) is 97.2 Å². The number of likely N-dealkylation sites (N-methyl/N-ethyl adjacent to an activating group) is 1. The van der Waals surface area contributed by atoms with Gasteiger partial charge in [0.15, 0.2) is 0 Å². The Bertz CT molecular complexity index is 1650. The molecule has 43 heavy (non-hydrogen) atoms. The molecule has 0 spiro atoms. The zero-order valence-corrected chi connectivity index (χ0v) is 24.1. The number of phenols is 1. The number of nitrogens with one attached hydrogen (secondary N) is 1. The van der Waals surface area contributed by atoms with Gasteiger partial charge in [0.1, 0.15) is 18.5 Å². The Morgan fingerprint density at radius 1 is 1.05 bits per heavy atom. The van der Waals surface area contributed by atoms with Crippen molar-refractivity contribution in [3.63, 3.8) is 0 Å². The molecule has 2 aliphatic rings. The second kappa shape index (κ2) is 12.2. The first-order valence-corrected chi connectivity index (χ1v) is 14.4. The first-order valence-electron chi connectivity index (χ1n) is 14.4. The van der Waals surface area contributed by atoms with Gasteiger partial charge in [-0.3, -0.25) is 14.4 Å². The van der Waals surface area contributed by atoms with E-state index >= 15 is 0 Å². The van der Waals surface area contributed by atoms with Gasteiger partial charge in [-0.1, -0.05) is 66.6 Å². The van der Waals surface area contributed by atoms with Crippen LogP contribution in [0, 0.1) is 12.3 Å². The second-order valence-electron chi connectivity index (χ2n) is 11.2. The predicted octanol–water partition coefficient (Wildman–Crippen LogP) is 3.03. The average molecular weight is 578 g/mol. The number of hydrazine groups is 1. The molecule has 3 heterocycles. The summed E-state index contributed by atoms with van der Waals surface area (Å²) in [6, 6.07) is 22.5. The molecule has 3 aromatic carbocycles. The molecule has 0 aliphatic carbocycles. The average Bonchev–Trinajstić information content (AvgIpc) is 3.41. The van der Waals surface area contributed by atoms with Gasteiger partial charge >= 0.3 is 6.03 Å². The number of hydrogen-bond donors (Lipinski definition) is 2. The lowest BCUT2D eigenvalue weighted by molar-refractivity contribution is -0.180. The summed E-state index contributed by atoms with van der Waals surface area (Å²) in [5.74, 6) is 2.87. The Balaban J connectivity index is 1.32. The van der Waals surface area contributed by atoms with E-state index in [-0.39, 0.29) is 30.3 Å². The SMILES string of the molecule is C#CCn1ncc2cccc(CN3C[C@H](Cc4ccc(O)cc4)N4C(=O)CN(C)N(C(=O)NCc5ccccc5)[C@H]4C3)c21. The molecule has 2 fully saturated rings. The molecule has 0 bridgehead atoms. The van der Waals surface area contributed by atoms with Crippen molar-refractivity contribution >= 4 is 22.8 Å². The highest BCUT2D eigenvalue weighted by molar-refractivity contribution is 5.83. The molecule has 2 atom stereocenters. The lowest BCUT2D eigenvalue weighted by Gasteiger charge is -2.55. The fourth-order valence-corrected chi connectivity index (χ4v) is 6.30. The molecule has 0 unspecified atom stereocenters. The van der Waals surface area contributed by atoms with Crippen molar-refractivity contribution in [3.05, 3.63) is 95.7 Å². The van der Waals surface area contributed by atoms with Crippen LogP contribution in [0.5, 0.6) is 5.75 Å². The first kappa shape index (κ1) is 28.3. The number of carbonyl (C=O) groups excluding carboxylic acids is 2. The summed E-state index contributed by atoms with van der Waals surface area (Å²) >= 11 is 0. The summed E-state index contributed by atoms with van der Waals surface area (Å²) in [6.07, 6.45) is 7.53. The van der Waals surface area contributed by atoms with Gasteiger partial charge in [-0.2, -0.15) is 5.10 Å². The highest BCUT2D eigenvalue weighted by atomic mass is 16.3. The van der Waals surface area contributed by atoms with Crippen molar-refractivity contribution in [3.8, 4) is 18.1 Å². The number of phenolic OH excluding ortho intramolecular Hbond substituents is 1. The minimum absolute atomic E-state index is 0.0164. The van der Waals surface area contributed by atoms with E-state index in [4.69, 9.17) is 6.42 Å². The summed E-state index contributed by atoms with van der Waals surface area (Å²) < 4.78 is 1.84. The fraction of sp³-hybridized carbons (Fsp3) is 0.303. The maximum absolute atomic E-state index is 13.7. The summed E-state index contributed by atoms with van der Waals surface area (Å²) in [7, 11) is 1.78. The highest BCUT2D eigenvalue weighted by Crippen LogP contribution is 2.29. The van der Waals surface area contributed by atoms with Crippen molar-refractivity contribution in [1.82, 2.24) is 34.9 Å². The Morgan fingerprint density at radius 2 is 1.84 bits per heavy atom. The van der Waals surface area contributed by atoms with E-state index in [0.29, 0.717) is 39.1 Å². The molecule has 6 rings (SSSR count). The lowest BCUT2D eigenvalue weighted by Crippen LogP contribution is -2.74. The molecule has 2 N–H and O–H groups in total. The van der Waals surface area contributed by atoms with Crippen molar-refractivity contribution in [2.24, 2.45) is 0 Å². The fourth-order valence-electron chi connectivity index (χ4n) is 6.30. The van der Waals surface area contributed by atoms with Crippen LogP contribution in [-0.2, 0) is 30.8 Å². The van der Waals surface area contributed by atoms with Crippen molar-refractivity contribution in [1.29, 1.82) is 0 Å². The standard InChI is InChI=1S/C33H35N7O3/c1-3-16-38-32-26(19-35-38)10-7-11-27(32)20-37-21-28(17-24-12-14-29(41)15-13-24)39-30(22-37)40(36(2)23-31(39)42)33(43)34-18-25-8-5-4-6-9-25/h1,4-15,19,28,30,41H,16-18,20-23H2,2H3,(H,34,43)/t28-,30-/m0/s1. The maximum Gasteiger partial charge on any atom is 0.334 e. The lowest BCUT2D eigenvalue weighted by atomic mass is 9.99. The number of amides is 3. The molecular formula is C33H35N7O3. The Hall–Kier alpha value is -4.85. The summed E-state index contributed by atoms with van der Waals surface area (Å²) in [5.41, 5.74) is 4.07. The van der Waals surface area contributed by atoms with Crippen LogP contribution in [-0.4, -0.2) is 85.5 Å². The van der Waals surface area contributed by atoms with Crippen molar-refractivity contribution < 1.29 is 14.7 Å². The summed E-state index contributed by atoms with van der Waals surface area (Å²) in [6.45, 7) is 2.54. The Labute approximate surface area is 251 Å². The van der Waals surface area contributed by atoms with Crippen LogP contribution in [0.4, 0.5) is 4.79 Å². The van der Waals surface area contributed by atoms with Crippen LogP contribution in [0.15, 0.2) is 79.0 Å². The number of carbonyl (C=O) groups is 2. The van der Waals surface area contributed by atoms with Gasteiger partial charge in [0.25, 0.3) is 0 Å². The number of piperazine rings is 1. The number of nitrogens with zero attached hydrogens (tertiary/aromatic N) is 6. The van der Waals surface area contributed by atoms with Gasteiger partial charge in [-0.05, 0) is 35.2 Å². The molecule has 220 valence electrons. The molecule has 0 radical (unpaired) electrons. The summed E-state index contributed by atoms with van der Waals surface area (Å²) in [5, 5.41) is 21.8. The first-order chi connectivity index (χ1) is 20.9. The van der Waals surface area contributed by atoms with Crippen LogP contribution >= 0.6 is 0 Å². The number of rotatable bonds is 7. The molecule has 2 aliphatic heterocycles. The van der Waals surface area contributed by atoms with Gasteiger partial charge in [0.05, 0.1) is 24.3 Å². The third-order valence-electron chi connectivity index (χ3n) is 8.19. The number of benzene rings is 3. The van der Waals surface area contributed by atoms with Gasteiger partial charge in [0.2, 0.25) is 5.91 Å². The Kier molecular flexibility index (Phi) is 8.01. The van der Waals surface area contributed by atoms with Crippen LogP contribution in [0.1, 0.15) is 16.7 Å². The summed E-state index contributed by atoms with van der Waals surface area (Å²) in [4.78, 5) is 31.5. The minimum Gasteiger partial charge on any atom is -0.508 e. The third kappa shape index (κ3) is 5.91. The molecule has 1 aromatic heterocycles. The van der Waals surface area contributed by atoms with Crippen LogP contribution in [0.3, 0.4) is 0 Å². The molecular weight excluding hydrogens is 542 g/mol. The largest absolute Gasteiger partial charge is 0.508 e. The molecule has 0 saturated carbocycles. The van der Waals surface area contributed by atoms with E-state index in [2.05, 4.69) is 27.3 Å². The molecule has 3 amide bonds. The zero-order valence-electron chi connectivity index (χ0n) is 24.1. The number of terminal acetylenes is 1. The van der Waals surface area contributed by atoms with E-state index in [1.165, 1.54) is 0 Å². The van der Waals surface area contributed by atoms with Crippen molar-refractivity contribution in [2.75, 3.05) is 26.7 Å². The van der Waals surface area contributed by atoms with E-state index < -0.39 is 6.17 Å². The predicted molar refractivity (Wildman–Crippen MR) is 163 cm³/mol. The zero-order chi connectivity index (χ0) is 29.9. The Morgan fingerprint density at radius 3 is 2.60 bits per heavy atom. The molecule has 4 aromatic rings. The van der Waals surface area contributed by atoms with E-state index in [9.17, 15) is 14.7 Å². The molecule has 2 saturated heterocycles. The molecule has 10 heteroatoms. The number of hydrogen-bond acceptors (Lipinski definition) is 6. The number of urea groups is 1. The van der Waals surface area contributed by atoms with E-state index in [0.717, 1.165) is 27.6 Å². The van der Waals surface area contributed by atoms with Gasteiger partial charge in [-0.25, -0.2) is 14.8 Å².